The first-order valence-electron chi connectivity index (χ1n) is 5.84. The maximum absolute atomic E-state index is 11.9. The number of ether oxygens (including phenoxy) is 3. The van der Waals surface area contributed by atoms with Crippen LogP contribution in [0.3, 0.4) is 0 Å². The van der Waals surface area contributed by atoms with Crippen LogP contribution in [0.25, 0.3) is 0 Å². The molecule has 1 atom stereocenters. The summed E-state index contributed by atoms with van der Waals surface area (Å²) >= 11 is 0. The summed E-state index contributed by atoms with van der Waals surface area (Å²) in [6.45, 7) is 3.81. The number of hydrogen-bond acceptors (Lipinski definition) is 4. The summed E-state index contributed by atoms with van der Waals surface area (Å²) in [6, 6.07) is 5.48. The number of benzene rings is 1. The Morgan fingerprint density at radius 2 is 1.78 bits per heavy atom. The van der Waals surface area contributed by atoms with Gasteiger partial charge in [-0.05, 0) is 31.0 Å². The van der Waals surface area contributed by atoms with E-state index in [2.05, 4.69) is 0 Å². The molecule has 0 saturated carbocycles. The summed E-state index contributed by atoms with van der Waals surface area (Å²) in [6.07, 6.45) is 0.648. The molecular weight excluding hydrogens is 232 g/mol. The van der Waals surface area contributed by atoms with Gasteiger partial charge in [-0.15, -0.1) is 0 Å². The minimum absolute atomic E-state index is 0.253. The summed E-state index contributed by atoms with van der Waals surface area (Å²) in [5.74, 6) is 1.00. The molecule has 4 heteroatoms. The third-order valence-electron chi connectivity index (χ3n) is 3.36. The lowest BCUT2D eigenvalue weighted by Crippen LogP contribution is -2.33. The Bertz CT molecular complexity index is 428. The molecule has 0 spiro atoms. The van der Waals surface area contributed by atoms with Crippen LogP contribution >= 0.6 is 0 Å². The fraction of sp³-hybridized carbons (Fsp3) is 0.500. The van der Waals surface area contributed by atoms with Gasteiger partial charge in [0, 0.05) is 0 Å². The predicted molar refractivity (Wildman–Crippen MR) is 69.2 cm³/mol. The van der Waals surface area contributed by atoms with E-state index in [1.807, 2.05) is 26.0 Å². The first-order valence-corrected chi connectivity index (χ1v) is 5.84. The molecule has 0 amide bonds. The van der Waals surface area contributed by atoms with E-state index in [1.54, 1.807) is 20.3 Å². The Kier molecular flexibility index (Phi) is 4.59. The zero-order valence-electron chi connectivity index (χ0n) is 11.6. The molecule has 0 radical (unpaired) electrons. The summed E-state index contributed by atoms with van der Waals surface area (Å²) in [7, 11) is 4.55. The molecule has 1 rings (SSSR count). The summed E-state index contributed by atoms with van der Waals surface area (Å²) < 4.78 is 15.3. The lowest BCUT2D eigenvalue weighted by atomic mass is 9.80. The van der Waals surface area contributed by atoms with E-state index in [9.17, 15) is 4.79 Å². The topological polar surface area (TPSA) is 44.8 Å². The molecule has 0 heterocycles. The van der Waals surface area contributed by atoms with E-state index in [-0.39, 0.29) is 5.97 Å². The van der Waals surface area contributed by atoms with Gasteiger partial charge in [0.25, 0.3) is 0 Å². The molecule has 0 bridgehead atoms. The number of rotatable bonds is 5. The van der Waals surface area contributed by atoms with Crippen LogP contribution < -0.4 is 9.47 Å². The Balaban J connectivity index is 3.27. The van der Waals surface area contributed by atoms with Gasteiger partial charge in [0.2, 0.25) is 0 Å². The maximum Gasteiger partial charge on any atom is 0.315 e. The van der Waals surface area contributed by atoms with E-state index in [4.69, 9.17) is 14.2 Å². The molecular formula is C14H20O4. The minimum Gasteiger partial charge on any atom is -0.493 e. The molecule has 0 aliphatic carbocycles. The van der Waals surface area contributed by atoms with Crippen LogP contribution in [0.4, 0.5) is 0 Å². The zero-order chi connectivity index (χ0) is 13.8. The van der Waals surface area contributed by atoms with Gasteiger partial charge in [-0.25, -0.2) is 0 Å². The Hall–Kier alpha value is -1.71. The van der Waals surface area contributed by atoms with Crippen LogP contribution in [-0.4, -0.2) is 27.3 Å². The zero-order valence-corrected chi connectivity index (χ0v) is 11.6. The molecule has 0 N–H and O–H groups in total. The van der Waals surface area contributed by atoms with Crippen molar-refractivity contribution in [3.8, 4) is 11.5 Å². The highest BCUT2D eigenvalue weighted by molar-refractivity contribution is 5.82. The van der Waals surface area contributed by atoms with Gasteiger partial charge in [-0.1, -0.05) is 13.0 Å². The normalized spacial score (nSPS) is 13.6. The standard InChI is InChI=1S/C14H20O4/c1-6-14(2,13(15)18-5)10-7-8-11(16-3)12(9-10)17-4/h7-9H,6H2,1-5H3. The average molecular weight is 252 g/mol. The van der Waals surface area contributed by atoms with Crippen LogP contribution in [0.1, 0.15) is 25.8 Å². The highest BCUT2D eigenvalue weighted by Crippen LogP contribution is 2.35. The predicted octanol–water partition coefficient (Wildman–Crippen LogP) is 2.54. The summed E-state index contributed by atoms with van der Waals surface area (Å²) in [5.41, 5.74) is 0.184. The van der Waals surface area contributed by atoms with Gasteiger partial charge in [0.05, 0.1) is 26.7 Å². The fourth-order valence-corrected chi connectivity index (χ4v) is 1.87. The quantitative estimate of drug-likeness (QED) is 0.755. The van der Waals surface area contributed by atoms with Crippen molar-refractivity contribution in [2.24, 2.45) is 0 Å². The Morgan fingerprint density at radius 1 is 1.17 bits per heavy atom. The van der Waals surface area contributed by atoms with Crippen LogP contribution in [0.15, 0.2) is 18.2 Å². The molecule has 1 aromatic rings. The lowest BCUT2D eigenvalue weighted by Gasteiger charge is -2.26. The fourth-order valence-electron chi connectivity index (χ4n) is 1.87. The molecule has 0 fully saturated rings. The van der Waals surface area contributed by atoms with Gasteiger partial charge in [0.1, 0.15) is 0 Å². The van der Waals surface area contributed by atoms with E-state index >= 15 is 0 Å². The number of hydrogen-bond donors (Lipinski definition) is 0. The second kappa shape index (κ2) is 5.76. The van der Waals surface area contributed by atoms with Crippen molar-refractivity contribution in [3.05, 3.63) is 23.8 Å². The monoisotopic (exact) mass is 252 g/mol. The smallest absolute Gasteiger partial charge is 0.315 e. The van der Waals surface area contributed by atoms with Gasteiger partial charge < -0.3 is 14.2 Å². The van der Waals surface area contributed by atoms with Gasteiger partial charge >= 0.3 is 5.97 Å². The van der Waals surface area contributed by atoms with Crippen molar-refractivity contribution in [1.29, 1.82) is 0 Å². The molecule has 0 saturated heterocycles. The average Bonchev–Trinajstić information content (AvgIpc) is 2.44. The molecule has 0 aromatic heterocycles. The number of carbonyl (C=O) groups excluding carboxylic acids is 1. The van der Waals surface area contributed by atoms with Gasteiger partial charge in [0.15, 0.2) is 11.5 Å². The third kappa shape index (κ3) is 2.42. The van der Waals surface area contributed by atoms with Crippen molar-refractivity contribution < 1.29 is 19.0 Å². The number of esters is 1. The minimum atomic E-state index is -0.672. The highest BCUT2D eigenvalue weighted by Gasteiger charge is 2.35. The number of methoxy groups -OCH3 is 3. The highest BCUT2D eigenvalue weighted by atomic mass is 16.5. The lowest BCUT2D eigenvalue weighted by molar-refractivity contribution is -0.147. The van der Waals surface area contributed by atoms with Crippen molar-refractivity contribution in [2.75, 3.05) is 21.3 Å². The van der Waals surface area contributed by atoms with Gasteiger partial charge in [-0.3, -0.25) is 4.79 Å². The molecule has 0 aliphatic rings. The first kappa shape index (κ1) is 14.4. The Morgan fingerprint density at radius 3 is 2.22 bits per heavy atom. The van der Waals surface area contributed by atoms with Crippen LogP contribution in [-0.2, 0) is 14.9 Å². The van der Waals surface area contributed by atoms with Crippen LogP contribution in [0.5, 0.6) is 11.5 Å². The summed E-state index contributed by atoms with van der Waals surface area (Å²) in [5, 5.41) is 0. The van der Waals surface area contributed by atoms with E-state index in [0.717, 1.165) is 5.56 Å². The maximum atomic E-state index is 11.9. The summed E-state index contributed by atoms with van der Waals surface area (Å²) in [4.78, 5) is 11.9. The first-order chi connectivity index (χ1) is 8.53. The van der Waals surface area contributed by atoms with Gasteiger partial charge in [-0.2, -0.15) is 0 Å². The van der Waals surface area contributed by atoms with Crippen LogP contribution in [0, 0.1) is 0 Å². The molecule has 100 valence electrons. The molecule has 1 unspecified atom stereocenters. The second-order valence-electron chi connectivity index (χ2n) is 4.25. The third-order valence-corrected chi connectivity index (χ3v) is 3.36. The van der Waals surface area contributed by atoms with E-state index in [1.165, 1.54) is 7.11 Å². The molecule has 4 nitrogen and oxygen atoms in total. The molecule has 0 aliphatic heterocycles. The van der Waals surface area contributed by atoms with Crippen LogP contribution in [0.2, 0.25) is 0 Å². The van der Waals surface area contributed by atoms with E-state index < -0.39 is 5.41 Å². The largest absolute Gasteiger partial charge is 0.493 e. The van der Waals surface area contributed by atoms with E-state index in [0.29, 0.717) is 17.9 Å². The van der Waals surface area contributed by atoms with Crippen molar-refractivity contribution in [2.45, 2.75) is 25.7 Å². The number of carbonyl (C=O) groups is 1. The van der Waals surface area contributed by atoms with Crippen molar-refractivity contribution in [1.82, 2.24) is 0 Å². The van der Waals surface area contributed by atoms with Crippen molar-refractivity contribution in [3.63, 3.8) is 0 Å². The molecule has 1 aromatic carbocycles. The van der Waals surface area contributed by atoms with Crippen molar-refractivity contribution >= 4 is 5.97 Å². The Labute approximate surface area is 108 Å². The molecule has 18 heavy (non-hydrogen) atoms. The second-order valence-corrected chi connectivity index (χ2v) is 4.25. The SMILES string of the molecule is CCC(C)(C(=O)OC)c1ccc(OC)c(OC)c1.